The average molecular weight is 241 g/mol. The van der Waals surface area contributed by atoms with E-state index >= 15 is 0 Å². The van der Waals surface area contributed by atoms with Gasteiger partial charge >= 0.3 is 16.3 Å². The van der Waals surface area contributed by atoms with Crippen molar-refractivity contribution in [3.8, 4) is 0 Å². The van der Waals surface area contributed by atoms with Crippen LogP contribution in [0.5, 0.6) is 0 Å². The van der Waals surface area contributed by atoms with E-state index in [1.54, 1.807) is 24.3 Å². The topological polar surface area (TPSA) is 86.5 Å². The molecule has 0 fully saturated rings. The molecule has 0 saturated carbocycles. The van der Waals surface area contributed by atoms with Crippen molar-refractivity contribution in [3.63, 3.8) is 0 Å². The fourth-order valence-corrected chi connectivity index (χ4v) is 1.50. The Bertz CT molecular complexity index is 507. The molecule has 1 aromatic rings. The predicted molar refractivity (Wildman–Crippen MR) is 58.9 cm³/mol. The minimum atomic E-state index is -4.28. The molecule has 1 rings (SSSR count). The quantitative estimate of drug-likeness (QED) is 0.789. The van der Waals surface area contributed by atoms with E-state index < -0.39 is 16.3 Å². The molecule has 1 aromatic carbocycles. The second-order valence-corrected chi connectivity index (χ2v) is 4.17. The number of rotatable bonds is 4. The predicted octanol–water partition coefficient (Wildman–Crippen LogP) is 0.775. The Morgan fingerprint density at radius 3 is 2.62 bits per heavy atom. The molecule has 0 radical (unpaired) electrons. The molecule has 0 aliphatic carbocycles. The van der Waals surface area contributed by atoms with Crippen molar-refractivity contribution in [2.24, 2.45) is 5.14 Å². The van der Waals surface area contributed by atoms with Crippen molar-refractivity contribution in [1.82, 2.24) is 0 Å². The highest BCUT2D eigenvalue weighted by Crippen LogP contribution is 2.12. The maximum absolute atomic E-state index is 11.4. The summed E-state index contributed by atoms with van der Waals surface area (Å²) in [5, 5.41) is 4.61. The first-order chi connectivity index (χ1) is 7.44. The Balaban J connectivity index is 3.03. The Kier molecular flexibility index (Phi) is 3.81. The van der Waals surface area contributed by atoms with Crippen molar-refractivity contribution >= 4 is 16.3 Å². The largest absolute Gasteiger partial charge is 0.382 e. The van der Waals surface area contributed by atoms with Gasteiger partial charge in [-0.3, -0.25) is 0 Å². The van der Waals surface area contributed by atoms with Gasteiger partial charge in [-0.05, 0) is 18.1 Å². The molecule has 0 aliphatic heterocycles. The van der Waals surface area contributed by atoms with Gasteiger partial charge in [0.15, 0.2) is 0 Å². The summed E-state index contributed by atoms with van der Waals surface area (Å²) in [6.45, 7) is 3.54. The van der Waals surface area contributed by atoms with E-state index in [-0.39, 0.29) is 5.56 Å². The fraction of sp³-hybridized carbons (Fsp3) is 0.100. The molecule has 16 heavy (non-hydrogen) atoms. The van der Waals surface area contributed by atoms with Crippen LogP contribution in [0, 0.1) is 0 Å². The minimum absolute atomic E-state index is 0.163. The van der Waals surface area contributed by atoms with E-state index in [0.717, 1.165) is 0 Å². The lowest BCUT2D eigenvalue weighted by molar-refractivity contribution is 0.0746. The first-order valence-electron chi connectivity index (χ1n) is 4.39. The van der Waals surface area contributed by atoms with Crippen LogP contribution in [-0.4, -0.2) is 14.4 Å². The lowest BCUT2D eigenvalue weighted by Gasteiger charge is -2.05. The molecule has 0 heterocycles. The molecule has 6 heteroatoms. The Morgan fingerprint density at radius 1 is 1.44 bits per heavy atom. The Hall–Kier alpha value is -1.66. The maximum atomic E-state index is 11.4. The number of hydrogen-bond donors (Lipinski definition) is 1. The number of carbonyl (C=O) groups excluding carboxylic acids is 1. The second-order valence-electron chi connectivity index (χ2n) is 3.01. The molecular formula is C10H11NO4S. The van der Waals surface area contributed by atoms with Crippen LogP contribution in [0.4, 0.5) is 0 Å². The molecule has 0 atom stereocenters. The summed E-state index contributed by atoms with van der Waals surface area (Å²) in [6, 6.07) is 6.48. The van der Waals surface area contributed by atoms with Crippen molar-refractivity contribution in [1.29, 1.82) is 0 Å². The van der Waals surface area contributed by atoms with E-state index in [1.807, 2.05) is 0 Å². The Labute approximate surface area is 93.8 Å². The first kappa shape index (κ1) is 12.4. The van der Waals surface area contributed by atoms with Crippen molar-refractivity contribution in [2.75, 3.05) is 0 Å². The number of hydrogen-bond acceptors (Lipinski definition) is 4. The number of benzene rings is 1. The average Bonchev–Trinajstić information content (AvgIpc) is 2.16. The van der Waals surface area contributed by atoms with Crippen LogP contribution < -0.4 is 5.14 Å². The highest BCUT2D eigenvalue weighted by atomic mass is 32.2. The smallest absolute Gasteiger partial charge is 0.330 e. The molecular weight excluding hydrogens is 230 g/mol. The lowest BCUT2D eigenvalue weighted by Crippen LogP contribution is -2.21. The van der Waals surface area contributed by atoms with Crippen LogP contribution in [0.15, 0.2) is 36.9 Å². The van der Waals surface area contributed by atoms with Gasteiger partial charge in [-0.2, -0.15) is 13.6 Å². The van der Waals surface area contributed by atoms with Crippen LogP contribution in [0.2, 0.25) is 0 Å². The molecule has 0 spiro atoms. The van der Waals surface area contributed by atoms with Gasteiger partial charge in [0.05, 0.1) is 5.56 Å². The van der Waals surface area contributed by atoms with Gasteiger partial charge in [0, 0.05) is 0 Å². The Morgan fingerprint density at radius 2 is 2.06 bits per heavy atom. The monoisotopic (exact) mass is 241 g/mol. The third-order valence-electron chi connectivity index (χ3n) is 1.79. The maximum Gasteiger partial charge on any atom is 0.382 e. The van der Waals surface area contributed by atoms with E-state index in [0.29, 0.717) is 12.0 Å². The van der Waals surface area contributed by atoms with Crippen LogP contribution in [0.3, 0.4) is 0 Å². The van der Waals surface area contributed by atoms with Crippen molar-refractivity contribution < 1.29 is 17.4 Å². The first-order valence-corrected chi connectivity index (χ1v) is 5.86. The van der Waals surface area contributed by atoms with Gasteiger partial charge in [-0.1, -0.05) is 24.3 Å². The van der Waals surface area contributed by atoms with E-state index in [1.165, 1.54) is 6.07 Å². The van der Waals surface area contributed by atoms with E-state index in [2.05, 4.69) is 15.9 Å². The van der Waals surface area contributed by atoms with Gasteiger partial charge < -0.3 is 4.18 Å². The molecule has 5 nitrogen and oxygen atoms in total. The highest BCUT2D eigenvalue weighted by Gasteiger charge is 2.16. The highest BCUT2D eigenvalue weighted by molar-refractivity contribution is 7.84. The summed E-state index contributed by atoms with van der Waals surface area (Å²) in [7, 11) is -4.28. The van der Waals surface area contributed by atoms with Crippen LogP contribution in [-0.2, 0) is 20.9 Å². The number of carbonyl (C=O) groups is 1. The normalized spacial score (nSPS) is 10.8. The van der Waals surface area contributed by atoms with Gasteiger partial charge in [-0.15, -0.1) is 6.58 Å². The second kappa shape index (κ2) is 4.91. The van der Waals surface area contributed by atoms with Gasteiger partial charge in [-0.25, -0.2) is 4.79 Å². The SMILES string of the molecule is C=CCc1ccccc1C(=O)OS(N)(=O)=O. The van der Waals surface area contributed by atoms with Crippen LogP contribution in [0.1, 0.15) is 15.9 Å². The molecule has 0 aliphatic rings. The van der Waals surface area contributed by atoms with E-state index in [4.69, 9.17) is 0 Å². The van der Waals surface area contributed by atoms with Crippen LogP contribution in [0.25, 0.3) is 0 Å². The molecule has 0 saturated heterocycles. The zero-order chi connectivity index (χ0) is 12.2. The molecule has 0 bridgehead atoms. The third-order valence-corrected chi connectivity index (χ3v) is 2.18. The summed E-state index contributed by atoms with van der Waals surface area (Å²) in [6.07, 6.45) is 2.04. The van der Waals surface area contributed by atoms with Gasteiger partial charge in [0.25, 0.3) is 0 Å². The zero-order valence-electron chi connectivity index (χ0n) is 8.42. The summed E-state index contributed by atoms with van der Waals surface area (Å²) >= 11 is 0. The molecule has 2 N–H and O–H groups in total. The third kappa shape index (κ3) is 3.48. The summed E-state index contributed by atoms with van der Waals surface area (Å²) in [4.78, 5) is 11.4. The fourth-order valence-electron chi connectivity index (χ4n) is 1.20. The molecule has 0 unspecified atom stereocenters. The zero-order valence-corrected chi connectivity index (χ0v) is 9.24. The van der Waals surface area contributed by atoms with Crippen molar-refractivity contribution in [3.05, 3.63) is 48.0 Å². The molecule has 0 amide bonds. The molecule has 86 valence electrons. The number of allylic oxidation sites excluding steroid dienone is 1. The number of nitrogens with two attached hydrogens (primary N) is 1. The lowest BCUT2D eigenvalue weighted by atomic mass is 10.1. The van der Waals surface area contributed by atoms with Gasteiger partial charge in [0.2, 0.25) is 0 Å². The summed E-state index contributed by atoms with van der Waals surface area (Å²) < 4.78 is 25.3. The van der Waals surface area contributed by atoms with Gasteiger partial charge in [0.1, 0.15) is 0 Å². The summed E-state index contributed by atoms with van der Waals surface area (Å²) in [5.41, 5.74) is 0.794. The molecule has 0 aromatic heterocycles. The van der Waals surface area contributed by atoms with Crippen molar-refractivity contribution in [2.45, 2.75) is 6.42 Å². The summed E-state index contributed by atoms with van der Waals surface area (Å²) in [5.74, 6) is -0.986. The van der Waals surface area contributed by atoms with E-state index in [9.17, 15) is 13.2 Å². The minimum Gasteiger partial charge on any atom is -0.330 e. The standard InChI is InChI=1S/C10H11NO4S/c1-2-5-8-6-3-4-7-9(8)10(12)15-16(11,13)14/h2-4,6-7H,1,5H2,(H2,11,13,14). The van der Waals surface area contributed by atoms with Crippen LogP contribution >= 0.6 is 0 Å².